The highest BCUT2D eigenvalue weighted by Gasteiger charge is 2.12. The van der Waals surface area contributed by atoms with Crippen molar-refractivity contribution in [3.8, 4) is 5.69 Å². The number of nitrogens with one attached hydrogen (secondary N) is 1. The van der Waals surface area contributed by atoms with E-state index in [0.717, 1.165) is 28.2 Å². The summed E-state index contributed by atoms with van der Waals surface area (Å²) in [5.41, 5.74) is 7.93. The Labute approximate surface area is 168 Å². The molecule has 3 aromatic rings. The minimum Gasteiger partial charge on any atom is -0.316 e. The number of nitrogens with zero attached hydrogens (tertiary/aromatic N) is 2. The highest BCUT2D eigenvalue weighted by Crippen LogP contribution is 2.28. The monoisotopic (exact) mass is 399 g/mol. The van der Waals surface area contributed by atoms with Gasteiger partial charge in [-0.3, -0.25) is 4.79 Å². The van der Waals surface area contributed by atoms with E-state index in [9.17, 15) is 4.79 Å². The summed E-state index contributed by atoms with van der Waals surface area (Å²) in [5.74, 6) is -0.249. The first-order chi connectivity index (χ1) is 12.9. The van der Waals surface area contributed by atoms with Crippen LogP contribution in [0.15, 0.2) is 53.6 Å². The van der Waals surface area contributed by atoms with E-state index in [-0.39, 0.29) is 5.91 Å². The molecule has 0 fully saturated rings. The van der Waals surface area contributed by atoms with Gasteiger partial charge in [0.15, 0.2) is 0 Å². The van der Waals surface area contributed by atoms with Gasteiger partial charge in [-0.15, -0.1) is 0 Å². The summed E-state index contributed by atoms with van der Waals surface area (Å²) in [6.45, 7) is 5.93. The number of rotatable bonds is 4. The van der Waals surface area contributed by atoms with Gasteiger partial charge < -0.3 is 4.57 Å². The van der Waals surface area contributed by atoms with Crippen molar-refractivity contribution >= 4 is 35.3 Å². The van der Waals surface area contributed by atoms with Crippen LogP contribution in [-0.2, 0) is 0 Å². The van der Waals surface area contributed by atoms with Crippen LogP contribution in [0.5, 0.6) is 0 Å². The second-order valence-electron chi connectivity index (χ2n) is 6.32. The van der Waals surface area contributed by atoms with Gasteiger partial charge in [0.25, 0.3) is 5.91 Å². The van der Waals surface area contributed by atoms with Gasteiger partial charge >= 0.3 is 0 Å². The fourth-order valence-electron chi connectivity index (χ4n) is 2.88. The van der Waals surface area contributed by atoms with E-state index in [1.54, 1.807) is 30.5 Å². The standard InChI is InChI=1S/C21H19Cl2N3O/c1-13-4-6-16(7-5-13)21(27)25-24-12-17-10-14(2)26(15(17)3)20-9-8-18(22)11-19(20)23/h4-12H,1-3H3,(H,25,27)/b24-12-. The number of aryl methyl sites for hydroxylation is 2. The van der Waals surface area contributed by atoms with Crippen LogP contribution in [0.3, 0.4) is 0 Å². The first-order valence-electron chi connectivity index (χ1n) is 8.41. The normalized spacial score (nSPS) is 11.1. The van der Waals surface area contributed by atoms with Gasteiger partial charge in [0, 0.05) is 27.5 Å². The third-order valence-corrected chi connectivity index (χ3v) is 4.84. The second-order valence-corrected chi connectivity index (χ2v) is 7.17. The molecule has 4 nitrogen and oxygen atoms in total. The number of carbonyl (C=O) groups is 1. The molecule has 1 aromatic heterocycles. The molecule has 0 aliphatic heterocycles. The zero-order chi connectivity index (χ0) is 19.6. The van der Waals surface area contributed by atoms with E-state index in [4.69, 9.17) is 23.2 Å². The molecule has 6 heteroatoms. The molecule has 0 aliphatic rings. The lowest BCUT2D eigenvalue weighted by molar-refractivity contribution is 0.0955. The van der Waals surface area contributed by atoms with Gasteiger partial charge in [0.2, 0.25) is 0 Å². The fraction of sp³-hybridized carbons (Fsp3) is 0.143. The average Bonchev–Trinajstić information content (AvgIpc) is 2.90. The molecule has 0 spiro atoms. The van der Waals surface area contributed by atoms with Gasteiger partial charge in [-0.2, -0.15) is 5.10 Å². The molecule has 0 saturated carbocycles. The van der Waals surface area contributed by atoms with E-state index >= 15 is 0 Å². The topological polar surface area (TPSA) is 46.4 Å². The largest absolute Gasteiger partial charge is 0.316 e. The molecular weight excluding hydrogens is 381 g/mol. The van der Waals surface area contributed by atoms with Crippen molar-refractivity contribution < 1.29 is 4.79 Å². The third kappa shape index (κ3) is 4.24. The van der Waals surface area contributed by atoms with Crippen LogP contribution in [0.1, 0.15) is 32.9 Å². The number of aromatic nitrogens is 1. The van der Waals surface area contributed by atoms with Crippen LogP contribution in [0, 0.1) is 20.8 Å². The smallest absolute Gasteiger partial charge is 0.271 e. The molecule has 0 saturated heterocycles. The van der Waals surface area contributed by atoms with Crippen LogP contribution in [0.2, 0.25) is 10.0 Å². The highest BCUT2D eigenvalue weighted by molar-refractivity contribution is 6.35. The molecule has 3 rings (SSSR count). The Bertz CT molecular complexity index is 1020. The molecule has 0 atom stereocenters. The maximum absolute atomic E-state index is 12.1. The van der Waals surface area contributed by atoms with E-state index < -0.39 is 0 Å². The van der Waals surface area contributed by atoms with Crippen LogP contribution < -0.4 is 5.43 Å². The predicted molar refractivity (Wildman–Crippen MR) is 112 cm³/mol. The molecule has 1 N–H and O–H groups in total. The quantitative estimate of drug-likeness (QED) is 0.458. The lowest BCUT2D eigenvalue weighted by Crippen LogP contribution is -2.17. The van der Waals surface area contributed by atoms with Gasteiger partial charge in [-0.25, -0.2) is 5.43 Å². The maximum Gasteiger partial charge on any atom is 0.271 e. The summed E-state index contributed by atoms with van der Waals surface area (Å²) >= 11 is 12.3. The molecule has 0 aliphatic carbocycles. The Hall–Kier alpha value is -2.56. The van der Waals surface area contributed by atoms with Crippen molar-refractivity contribution in [2.45, 2.75) is 20.8 Å². The molecular formula is C21H19Cl2N3O. The van der Waals surface area contributed by atoms with Gasteiger partial charge in [0.05, 0.1) is 16.9 Å². The van der Waals surface area contributed by atoms with Gasteiger partial charge in [-0.1, -0.05) is 40.9 Å². The van der Waals surface area contributed by atoms with E-state index in [1.165, 1.54) is 0 Å². The number of benzene rings is 2. The number of hydrogen-bond acceptors (Lipinski definition) is 2. The minimum atomic E-state index is -0.249. The zero-order valence-electron chi connectivity index (χ0n) is 15.3. The first kappa shape index (κ1) is 19.2. The van der Waals surface area contributed by atoms with Crippen LogP contribution in [0.4, 0.5) is 0 Å². The van der Waals surface area contributed by atoms with Crippen molar-refractivity contribution in [3.63, 3.8) is 0 Å². The summed E-state index contributed by atoms with van der Waals surface area (Å²) in [7, 11) is 0. The van der Waals surface area contributed by atoms with E-state index in [2.05, 4.69) is 10.5 Å². The summed E-state index contributed by atoms with van der Waals surface area (Å²) < 4.78 is 2.03. The SMILES string of the molecule is Cc1ccc(C(=O)N/N=C\c2cc(C)n(-c3ccc(Cl)cc3Cl)c2C)cc1. The molecule has 138 valence electrons. The number of amides is 1. The van der Waals surface area contributed by atoms with Gasteiger partial charge in [-0.05, 0) is 57.2 Å². The molecule has 1 amide bonds. The highest BCUT2D eigenvalue weighted by atomic mass is 35.5. The molecule has 2 aromatic carbocycles. The number of hydrazone groups is 1. The Kier molecular flexibility index (Phi) is 5.68. The Morgan fingerprint density at radius 1 is 1.04 bits per heavy atom. The number of halogens is 2. The van der Waals surface area contributed by atoms with E-state index in [1.807, 2.05) is 49.6 Å². The van der Waals surface area contributed by atoms with Crippen molar-refractivity contribution in [3.05, 3.63) is 86.7 Å². The van der Waals surface area contributed by atoms with Crippen LogP contribution in [0.25, 0.3) is 5.69 Å². The molecule has 1 heterocycles. The number of hydrogen-bond donors (Lipinski definition) is 1. The molecule has 27 heavy (non-hydrogen) atoms. The summed E-state index contributed by atoms with van der Waals surface area (Å²) in [6, 6.07) is 14.7. The maximum atomic E-state index is 12.1. The summed E-state index contributed by atoms with van der Waals surface area (Å²) in [6.07, 6.45) is 1.63. The second kappa shape index (κ2) is 7.99. The van der Waals surface area contributed by atoms with Crippen molar-refractivity contribution in [1.29, 1.82) is 0 Å². The fourth-order valence-corrected chi connectivity index (χ4v) is 3.37. The zero-order valence-corrected chi connectivity index (χ0v) is 16.8. The first-order valence-corrected chi connectivity index (χ1v) is 9.17. The van der Waals surface area contributed by atoms with Crippen molar-refractivity contribution in [2.75, 3.05) is 0 Å². The number of carbonyl (C=O) groups excluding carboxylic acids is 1. The Balaban J connectivity index is 1.81. The average molecular weight is 400 g/mol. The minimum absolute atomic E-state index is 0.249. The van der Waals surface area contributed by atoms with E-state index in [0.29, 0.717) is 15.6 Å². The summed E-state index contributed by atoms with van der Waals surface area (Å²) in [4.78, 5) is 12.1. The van der Waals surface area contributed by atoms with Crippen molar-refractivity contribution in [2.24, 2.45) is 5.10 Å². The molecule has 0 radical (unpaired) electrons. The molecule has 0 bridgehead atoms. The third-order valence-electron chi connectivity index (χ3n) is 4.30. The predicted octanol–water partition coefficient (Wildman–Crippen LogP) is 5.47. The lowest BCUT2D eigenvalue weighted by atomic mass is 10.1. The van der Waals surface area contributed by atoms with Gasteiger partial charge in [0.1, 0.15) is 0 Å². The van der Waals surface area contributed by atoms with Crippen LogP contribution >= 0.6 is 23.2 Å². The Morgan fingerprint density at radius 3 is 2.41 bits per heavy atom. The molecule has 0 unspecified atom stereocenters. The Morgan fingerprint density at radius 2 is 1.74 bits per heavy atom. The van der Waals surface area contributed by atoms with Crippen molar-refractivity contribution in [1.82, 2.24) is 9.99 Å². The summed E-state index contributed by atoms with van der Waals surface area (Å²) in [5, 5.41) is 5.25. The van der Waals surface area contributed by atoms with Crippen LogP contribution in [-0.4, -0.2) is 16.7 Å². The lowest BCUT2D eigenvalue weighted by Gasteiger charge is -2.11.